The van der Waals surface area contributed by atoms with E-state index in [1.807, 2.05) is 30.9 Å². The fraction of sp³-hybridized carbons (Fsp3) is 0.400. The van der Waals surface area contributed by atoms with Gasteiger partial charge in [0.15, 0.2) is 5.76 Å². The molecule has 1 amide bonds. The van der Waals surface area contributed by atoms with E-state index in [-0.39, 0.29) is 18.5 Å². The fourth-order valence-corrected chi connectivity index (χ4v) is 3.62. The predicted molar refractivity (Wildman–Crippen MR) is 103 cm³/mol. The topological polar surface area (TPSA) is 86.2 Å². The van der Waals surface area contributed by atoms with Gasteiger partial charge < -0.3 is 9.32 Å². The second-order valence-corrected chi connectivity index (χ2v) is 7.15. The third-order valence-electron chi connectivity index (χ3n) is 5.09. The van der Waals surface area contributed by atoms with Crippen molar-refractivity contribution in [3.63, 3.8) is 0 Å². The third kappa shape index (κ3) is 3.37. The van der Waals surface area contributed by atoms with E-state index < -0.39 is 5.69 Å². The molecule has 0 aliphatic carbocycles. The summed E-state index contributed by atoms with van der Waals surface area (Å²) in [5.41, 5.74) is 0.364. The number of likely N-dealkylation sites (tertiary alicyclic amines) is 1. The van der Waals surface area contributed by atoms with Gasteiger partial charge in [-0.25, -0.2) is 19.0 Å². The zero-order valence-corrected chi connectivity index (χ0v) is 16.0. The van der Waals surface area contributed by atoms with Crippen molar-refractivity contribution >= 4 is 5.91 Å². The molecule has 1 atom stereocenters. The van der Waals surface area contributed by atoms with E-state index in [4.69, 9.17) is 4.42 Å². The first-order valence-electron chi connectivity index (χ1n) is 9.52. The highest BCUT2D eigenvalue weighted by atomic mass is 16.3. The summed E-state index contributed by atoms with van der Waals surface area (Å²) in [7, 11) is 0. The minimum atomic E-state index is -0.414. The SMILES string of the molecule is Cc1cccc(-n2c(-c3ccco3)nn(CC(=O)N3CCCC[C@@H]3C)c2=O)n1. The van der Waals surface area contributed by atoms with Crippen LogP contribution < -0.4 is 5.69 Å². The zero-order valence-electron chi connectivity index (χ0n) is 16.0. The maximum absolute atomic E-state index is 13.1. The molecule has 0 unspecified atom stereocenters. The van der Waals surface area contributed by atoms with Gasteiger partial charge in [-0.3, -0.25) is 4.79 Å². The Kier molecular flexibility index (Phi) is 4.85. The zero-order chi connectivity index (χ0) is 19.7. The van der Waals surface area contributed by atoms with E-state index in [1.54, 1.807) is 18.2 Å². The lowest BCUT2D eigenvalue weighted by Crippen LogP contribution is -2.44. The molecule has 3 aromatic rings. The normalized spacial score (nSPS) is 17.1. The van der Waals surface area contributed by atoms with Gasteiger partial charge in [0.1, 0.15) is 12.4 Å². The van der Waals surface area contributed by atoms with Gasteiger partial charge in [-0.05, 0) is 57.4 Å². The molecular weight excluding hydrogens is 358 g/mol. The number of carbonyl (C=O) groups excluding carboxylic acids is 1. The van der Waals surface area contributed by atoms with Crippen LogP contribution in [0.1, 0.15) is 31.9 Å². The third-order valence-corrected chi connectivity index (χ3v) is 5.09. The van der Waals surface area contributed by atoms with Crippen LogP contribution in [-0.2, 0) is 11.3 Å². The number of aryl methyl sites for hydroxylation is 1. The second kappa shape index (κ2) is 7.46. The monoisotopic (exact) mass is 381 g/mol. The Morgan fingerprint density at radius 2 is 2.11 bits per heavy atom. The number of hydrogen-bond acceptors (Lipinski definition) is 5. The Morgan fingerprint density at radius 1 is 1.25 bits per heavy atom. The fourth-order valence-electron chi connectivity index (χ4n) is 3.62. The molecular formula is C20H23N5O3. The molecule has 0 spiro atoms. The van der Waals surface area contributed by atoms with Gasteiger partial charge in [0.2, 0.25) is 11.7 Å². The van der Waals surface area contributed by atoms with Crippen LogP contribution in [0.2, 0.25) is 0 Å². The molecule has 1 aliphatic rings. The Hall–Kier alpha value is -3.16. The number of aromatic nitrogens is 4. The van der Waals surface area contributed by atoms with Crippen molar-refractivity contribution in [3.8, 4) is 17.4 Å². The summed E-state index contributed by atoms with van der Waals surface area (Å²) in [6, 6.07) is 9.06. The second-order valence-electron chi connectivity index (χ2n) is 7.15. The van der Waals surface area contributed by atoms with Gasteiger partial charge in [-0.15, -0.1) is 5.10 Å². The number of rotatable bonds is 4. The minimum Gasteiger partial charge on any atom is -0.461 e. The maximum atomic E-state index is 13.1. The summed E-state index contributed by atoms with van der Waals surface area (Å²) < 4.78 is 8.05. The van der Waals surface area contributed by atoms with Crippen molar-refractivity contribution in [1.29, 1.82) is 0 Å². The highest BCUT2D eigenvalue weighted by Crippen LogP contribution is 2.20. The quantitative estimate of drug-likeness (QED) is 0.693. The van der Waals surface area contributed by atoms with Gasteiger partial charge in [0.05, 0.1) is 6.26 Å². The Balaban J connectivity index is 1.74. The van der Waals surface area contributed by atoms with Crippen molar-refractivity contribution in [3.05, 3.63) is 52.8 Å². The molecule has 3 aromatic heterocycles. The molecule has 28 heavy (non-hydrogen) atoms. The van der Waals surface area contributed by atoms with Gasteiger partial charge in [0.25, 0.3) is 0 Å². The summed E-state index contributed by atoms with van der Waals surface area (Å²) in [4.78, 5) is 32.2. The van der Waals surface area contributed by atoms with E-state index in [0.717, 1.165) is 31.5 Å². The molecule has 0 saturated carbocycles. The molecule has 4 heterocycles. The van der Waals surface area contributed by atoms with Crippen molar-refractivity contribution in [2.75, 3.05) is 6.54 Å². The van der Waals surface area contributed by atoms with E-state index >= 15 is 0 Å². The summed E-state index contributed by atoms with van der Waals surface area (Å²) in [6.45, 7) is 4.52. The minimum absolute atomic E-state index is 0.0952. The molecule has 1 fully saturated rings. The molecule has 146 valence electrons. The largest absolute Gasteiger partial charge is 0.461 e. The molecule has 0 N–H and O–H groups in total. The van der Waals surface area contributed by atoms with Crippen molar-refractivity contribution < 1.29 is 9.21 Å². The molecule has 4 rings (SSSR count). The summed E-state index contributed by atoms with van der Waals surface area (Å²) >= 11 is 0. The van der Waals surface area contributed by atoms with Gasteiger partial charge in [-0.1, -0.05) is 6.07 Å². The summed E-state index contributed by atoms with van der Waals surface area (Å²) in [5, 5.41) is 4.40. The molecule has 1 aliphatic heterocycles. The van der Waals surface area contributed by atoms with Crippen LogP contribution in [0, 0.1) is 6.92 Å². The average molecular weight is 381 g/mol. The lowest BCUT2D eigenvalue weighted by Gasteiger charge is -2.33. The first-order chi connectivity index (χ1) is 13.5. The average Bonchev–Trinajstić information content (AvgIpc) is 3.31. The van der Waals surface area contributed by atoms with Crippen LogP contribution in [0.15, 0.2) is 45.8 Å². The van der Waals surface area contributed by atoms with Crippen LogP contribution in [0.5, 0.6) is 0 Å². The molecule has 1 saturated heterocycles. The van der Waals surface area contributed by atoms with Gasteiger partial charge in [-0.2, -0.15) is 0 Å². The number of pyridine rings is 1. The lowest BCUT2D eigenvalue weighted by atomic mass is 10.0. The molecule has 0 radical (unpaired) electrons. The first-order valence-corrected chi connectivity index (χ1v) is 9.52. The maximum Gasteiger partial charge on any atom is 0.352 e. The first kappa shape index (κ1) is 18.2. The Labute approximate surface area is 162 Å². The number of carbonyl (C=O) groups is 1. The van der Waals surface area contributed by atoms with Crippen molar-refractivity contribution in [2.45, 2.75) is 45.7 Å². The number of amides is 1. The predicted octanol–water partition coefficient (Wildman–Crippen LogP) is 2.40. The van der Waals surface area contributed by atoms with Crippen LogP contribution >= 0.6 is 0 Å². The van der Waals surface area contributed by atoms with Gasteiger partial charge in [0, 0.05) is 18.3 Å². The van der Waals surface area contributed by atoms with E-state index in [9.17, 15) is 9.59 Å². The molecule has 0 bridgehead atoms. The van der Waals surface area contributed by atoms with Crippen LogP contribution in [0.4, 0.5) is 0 Å². The standard InChI is InChI=1S/C20H23N5O3/c1-14-7-5-10-17(21-14)25-19(16-9-6-12-28-16)22-24(20(25)27)13-18(26)23-11-4-3-8-15(23)2/h5-7,9-10,12,15H,3-4,8,11,13H2,1-2H3/t15-/m0/s1. The lowest BCUT2D eigenvalue weighted by molar-refractivity contribution is -0.135. The smallest absolute Gasteiger partial charge is 0.352 e. The Morgan fingerprint density at radius 3 is 2.82 bits per heavy atom. The van der Waals surface area contributed by atoms with Crippen LogP contribution in [0.25, 0.3) is 17.4 Å². The summed E-state index contributed by atoms with van der Waals surface area (Å²) in [5.74, 6) is 1.12. The molecule has 0 aromatic carbocycles. The molecule has 8 heteroatoms. The number of piperidine rings is 1. The highest BCUT2D eigenvalue weighted by Gasteiger charge is 2.26. The summed E-state index contributed by atoms with van der Waals surface area (Å²) in [6.07, 6.45) is 4.62. The number of furan rings is 1. The number of hydrogen-bond donors (Lipinski definition) is 0. The highest BCUT2D eigenvalue weighted by molar-refractivity contribution is 5.76. The van der Waals surface area contributed by atoms with Crippen molar-refractivity contribution in [2.24, 2.45) is 0 Å². The Bertz CT molecular complexity index is 1030. The van der Waals surface area contributed by atoms with Gasteiger partial charge >= 0.3 is 5.69 Å². The van der Waals surface area contributed by atoms with Crippen LogP contribution in [0.3, 0.4) is 0 Å². The van der Waals surface area contributed by atoms with E-state index in [1.165, 1.54) is 15.5 Å². The number of nitrogens with zero attached hydrogens (tertiary/aromatic N) is 5. The van der Waals surface area contributed by atoms with E-state index in [0.29, 0.717) is 17.4 Å². The molecule has 8 nitrogen and oxygen atoms in total. The van der Waals surface area contributed by atoms with E-state index in [2.05, 4.69) is 10.1 Å². The van der Waals surface area contributed by atoms with Crippen LogP contribution in [-0.4, -0.2) is 42.7 Å². The van der Waals surface area contributed by atoms with Crippen molar-refractivity contribution in [1.82, 2.24) is 24.2 Å².